The van der Waals surface area contributed by atoms with E-state index in [9.17, 15) is 18.0 Å². The molecule has 8 nitrogen and oxygen atoms in total. The number of carbonyl (C=O) groups is 2. The van der Waals surface area contributed by atoms with Crippen LogP contribution in [0.25, 0.3) is 0 Å². The molecule has 32 heavy (non-hydrogen) atoms. The lowest BCUT2D eigenvalue weighted by Gasteiger charge is -2.50. The molecule has 3 rings (SSSR count). The van der Waals surface area contributed by atoms with E-state index in [4.69, 9.17) is 23.8 Å². The first-order valence-electron chi connectivity index (χ1n) is 10.4. The van der Waals surface area contributed by atoms with Crippen molar-refractivity contribution >= 4 is 11.9 Å². The average molecular weight is 464 g/mol. The SMILES string of the molecule is Cc1occc1C(=O)N1CCC2OCCCC2(COCCN(C)C)C1.O=C(O)C(F)(F)F. The third-order valence-corrected chi connectivity index (χ3v) is 5.68. The minimum atomic E-state index is -5.08. The number of aryl methyl sites for hydroxylation is 1. The third-order valence-electron chi connectivity index (χ3n) is 5.68. The normalized spacial score (nSPS) is 23.3. The minimum absolute atomic E-state index is 0.0583. The number of halogens is 3. The van der Waals surface area contributed by atoms with Crippen molar-refractivity contribution in [3.05, 3.63) is 23.7 Å². The Hall–Kier alpha value is -2.11. The molecule has 1 amide bonds. The molecule has 2 saturated heterocycles. The minimum Gasteiger partial charge on any atom is -0.475 e. The lowest BCUT2D eigenvalue weighted by molar-refractivity contribution is -0.192. The molecular weight excluding hydrogens is 433 g/mol. The highest BCUT2D eigenvalue weighted by atomic mass is 19.4. The molecule has 3 heterocycles. The first-order chi connectivity index (χ1) is 15.0. The summed E-state index contributed by atoms with van der Waals surface area (Å²) in [6, 6.07) is 1.77. The van der Waals surface area contributed by atoms with Gasteiger partial charge in [0.05, 0.1) is 31.1 Å². The quantitative estimate of drug-likeness (QED) is 0.648. The highest BCUT2D eigenvalue weighted by Crippen LogP contribution is 2.41. The standard InChI is InChI=1S/C19H30N2O4.C2HF3O2/c1-15-16(6-11-24-15)18(22)21-8-5-17-19(13-21,7-4-10-25-17)14-23-12-9-20(2)3;3-2(4,5)1(6)7/h6,11,17H,4-5,7-10,12-14H2,1-3H3;(H,6,7). The lowest BCUT2D eigenvalue weighted by atomic mass is 9.73. The van der Waals surface area contributed by atoms with E-state index < -0.39 is 12.1 Å². The number of rotatable bonds is 6. The van der Waals surface area contributed by atoms with Crippen LogP contribution in [0.4, 0.5) is 13.2 Å². The number of carbonyl (C=O) groups excluding carboxylic acids is 1. The van der Waals surface area contributed by atoms with Gasteiger partial charge in [-0.05, 0) is 46.3 Å². The molecule has 2 fully saturated rings. The van der Waals surface area contributed by atoms with Crippen molar-refractivity contribution in [3.63, 3.8) is 0 Å². The van der Waals surface area contributed by atoms with Crippen LogP contribution in [-0.4, -0.2) is 92.6 Å². The molecule has 2 atom stereocenters. The van der Waals surface area contributed by atoms with E-state index in [-0.39, 0.29) is 17.4 Å². The van der Waals surface area contributed by atoms with Crippen molar-refractivity contribution in [2.24, 2.45) is 5.41 Å². The number of piperidine rings is 1. The number of furan rings is 1. The summed E-state index contributed by atoms with van der Waals surface area (Å²) >= 11 is 0. The maximum atomic E-state index is 12.9. The molecule has 1 aromatic heterocycles. The second-order valence-electron chi connectivity index (χ2n) is 8.39. The fourth-order valence-corrected chi connectivity index (χ4v) is 3.97. The largest absolute Gasteiger partial charge is 0.490 e. The molecule has 11 heteroatoms. The topological polar surface area (TPSA) is 92.5 Å². The highest BCUT2D eigenvalue weighted by molar-refractivity contribution is 5.95. The van der Waals surface area contributed by atoms with Gasteiger partial charge >= 0.3 is 12.1 Å². The first-order valence-corrected chi connectivity index (χ1v) is 10.4. The Morgan fingerprint density at radius 2 is 2.06 bits per heavy atom. The fraction of sp³-hybridized carbons (Fsp3) is 0.714. The van der Waals surface area contributed by atoms with Crippen LogP contribution in [0.1, 0.15) is 35.4 Å². The van der Waals surface area contributed by atoms with E-state index in [1.165, 1.54) is 0 Å². The van der Waals surface area contributed by atoms with Gasteiger partial charge in [-0.2, -0.15) is 13.2 Å². The Morgan fingerprint density at radius 1 is 1.38 bits per heavy atom. The number of ether oxygens (including phenoxy) is 2. The Kier molecular flexibility index (Phi) is 9.11. The van der Waals surface area contributed by atoms with Crippen LogP contribution in [0.2, 0.25) is 0 Å². The Morgan fingerprint density at radius 3 is 2.62 bits per heavy atom. The fourth-order valence-electron chi connectivity index (χ4n) is 3.97. The molecule has 1 N–H and O–H groups in total. The first kappa shape index (κ1) is 26.1. The number of nitrogens with zero attached hydrogens (tertiary/aromatic N) is 2. The van der Waals surface area contributed by atoms with Crippen LogP contribution >= 0.6 is 0 Å². The number of likely N-dealkylation sites (tertiary alicyclic amines) is 1. The van der Waals surface area contributed by atoms with E-state index >= 15 is 0 Å². The zero-order valence-electron chi connectivity index (χ0n) is 18.6. The average Bonchev–Trinajstić information content (AvgIpc) is 3.15. The lowest BCUT2D eigenvalue weighted by Crippen LogP contribution is -2.58. The number of hydrogen-bond acceptors (Lipinski definition) is 6. The smallest absolute Gasteiger partial charge is 0.475 e. The summed E-state index contributed by atoms with van der Waals surface area (Å²) in [6.07, 6.45) is -0.359. The van der Waals surface area contributed by atoms with E-state index in [0.29, 0.717) is 31.1 Å². The summed E-state index contributed by atoms with van der Waals surface area (Å²) in [5.74, 6) is -2.02. The highest BCUT2D eigenvalue weighted by Gasteiger charge is 2.47. The summed E-state index contributed by atoms with van der Waals surface area (Å²) in [5, 5.41) is 7.12. The molecule has 0 saturated carbocycles. The van der Waals surface area contributed by atoms with Crippen molar-refractivity contribution in [3.8, 4) is 0 Å². The number of carboxylic acid groups (broad SMARTS) is 1. The second-order valence-corrected chi connectivity index (χ2v) is 8.39. The molecule has 2 aliphatic heterocycles. The number of fused-ring (bicyclic) bond motifs is 1. The molecule has 0 radical (unpaired) electrons. The number of likely N-dealkylation sites (N-methyl/N-ethyl adjacent to an activating group) is 1. The molecule has 0 spiro atoms. The second kappa shape index (κ2) is 11.2. The predicted molar refractivity (Wildman–Crippen MR) is 108 cm³/mol. The van der Waals surface area contributed by atoms with E-state index in [1.807, 2.05) is 25.9 Å². The number of carboxylic acids is 1. The van der Waals surface area contributed by atoms with Crippen molar-refractivity contribution < 1.29 is 41.8 Å². The van der Waals surface area contributed by atoms with Crippen LogP contribution in [0.15, 0.2) is 16.7 Å². The molecule has 1 aromatic rings. The van der Waals surface area contributed by atoms with Gasteiger partial charge in [0.15, 0.2) is 0 Å². The molecule has 2 aliphatic rings. The van der Waals surface area contributed by atoms with Gasteiger partial charge in [0.2, 0.25) is 0 Å². The van der Waals surface area contributed by atoms with Crippen molar-refractivity contribution in [1.82, 2.24) is 9.80 Å². The zero-order valence-corrected chi connectivity index (χ0v) is 18.6. The van der Waals surface area contributed by atoms with E-state index in [0.717, 1.165) is 39.0 Å². The molecule has 2 unspecified atom stereocenters. The van der Waals surface area contributed by atoms with Crippen LogP contribution in [0, 0.1) is 12.3 Å². The number of aliphatic carboxylic acids is 1. The van der Waals surface area contributed by atoms with E-state index in [2.05, 4.69) is 4.90 Å². The Labute approximate surface area is 185 Å². The van der Waals surface area contributed by atoms with Crippen LogP contribution < -0.4 is 0 Å². The zero-order chi connectivity index (χ0) is 23.9. The number of amides is 1. The Bertz CT molecular complexity index is 767. The van der Waals surface area contributed by atoms with Gasteiger partial charge in [0, 0.05) is 31.7 Å². The van der Waals surface area contributed by atoms with E-state index in [1.54, 1.807) is 12.3 Å². The monoisotopic (exact) mass is 464 g/mol. The van der Waals surface area contributed by atoms with Gasteiger partial charge in [-0.1, -0.05) is 0 Å². The van der Waals surface area contributed by atoms with Crippen LogP contribution in [-0.2, 0) is 14.3 Å². The molecule has 182 valence electrons. The van der Waals surface area contributed by atoms with Crippen LogP contribution in [0.3, 0.4) is 0 Å². The van der Waals surface area contributed by atoms with Gasteiger partial charge in [-0.15, -0.1) is 0 Å². The molecule has 0 aromatic carbocycles. The van der Waals surface area contributed by atoms with Crippen molar-refractivity contribution in [2.45, 2.75) is 38.5 Å². The maximum absolute atomic E-state index is 12.9. The van der Waals surface area contributed by atoms with Gasteiger partial charge in [0.1, 0.15) is 5.76 Å². The summed E-state index contributed by atoms with van der Waals surface area (Å²) in [6.45, 7) is 6.34. The molecule has 0 bridgehead atoms. The van der Waals surface area contributed by atoms with Crippen LogP contribution in [0.5, 0.6) is 0 Å². The van der Waals surface area contributed by atoms with Crippen molar-refractivity contribution in [2.75, 3.05) is 53.6 Å². The number of alkyl halides is 3. The van der Waals surface area contributed by atoms with Gasteiger partial charge in [0.25, 0.3) is 5.91 Å². The third kappa shape index (κ3) is 6.94. The predicted octanol–water partition coefficient (Wildman–Crippen LogP) is 2.81. The van der Waals surface area contributed by atoms with Crippen molar-refractivity contribution in [1.29, 1.82) is 0 Å². The maximum Gasteiger partial charge on any atom is 0.490 e. The summed E-state index contributed by atoms with van der Waals surface area (Å²) in [4.78, 5) is 25.9. The van der Waals surface area contributed by atoms with Gasteiger partial charge in [-0.25, -0.2) is 4.79 Å². The number of hydrogen-bond donors (Lipinski definition) is 1. The molecule has 0 aliphatic carbocycles. The summed E-state index contributed by atoms with van der Waals surface area (Å²) < 4.78 is 49.1. The van der Waals surface area contributed by atoms with Gasteiger partial charge < -0.3 is 28.8 Å². The molecular formula is C21H31F3N2O6. The summed E-state index contributed by atoms with van der Waals surface area (Å²) in [5.41, 5.74) is 0.578. The van der Waals surface area contributed by atoms with Gasteiger partial charge in [-0.3, -0.25) is 4.79 Å². The Balaban J connectivity index is 0.000000451. The summed E-state index contributed by atoms with van der Waals surface area (Å²) in [7, 11) is 4.09.